The number of aromatic nitrogens is 1. The first kappa shape index (κ1) is 18.6. The molecule has 0 unspecified atom stereocenters. The van der Waals surface area contributed by atoms with Crippen LogP contribution in [0.4, 0.5) is 18.3 Å². The minimum atomic E-state index is -4.18. The van der Waals surface area contributed by atoms with Gasteiger partial charge in [-0.15, -0.1) is 11.3 Å². The summed E-state index contributed by atoms with van der Waals surface area (Å²) in [6.07, 6.45) is -2.37. The van der Waals surface area contributed by atoms with Crippen molar-refractivity contribution >= 4 is 22.4 Å². The van der Waals surface area contributed by atoms with E-state index in [-0.39, 0.29) is 11.8 Å². The first-order valence-corrected chi connectivity index (χ1v) is 9.46. The van der Waals surface area contributed by atoms with Crippen LogP contribution in [0.3, 0.4) is 0 Å². The summed E-state index contributed by atoms with van der Waals surface area (Å²) < 4.78 is 37.3. The van der Waals surface area contributed by atoms with Crippen LogP contribution in [0.25, 0.3) is 0 Å². The highest BCUT2D eigenvalue weighted by Gasteiger charge is 2.34. The second-order valence-electron chi connectivity index (χ2n) is 6.66. The molecule has 1 saturated heterocycles. The van der Waals surface area contributed by atoms with Crippen LogP contribution in [-0.2, 0) is 17.8 Å². The number of alkyl halides is 3. The van der Waals surface area contributed by atoms with Crippen molar-refractivity contribution in [2.75, 3.05) is 38.0 Å². The van der Waals surface area contributed by atoms with Gasteiger partial charge in [0.25, 0.3) is 0 Å². The van der Waals surface area contributed by atoms with Crippen molar-refractivity contribution in [2.24, 2.45) is 5.92 Å². The highest BCUT2D eigenvalue weighted by molar-refractivity contribution is 7.15. The molecule has 2 aliphatic rings. The number of thiazole rings is 1. The number of fused-ring (bicyclic) bond motifs is 1. The number of anilines is 1. The average Bonchev–Trinajstić information content (AvgIpc) is 2.95. The Hall–Kier alpha value is -1.19. The summed E-state index contributed by atoms with van der Waals surface area (Å²) in [4.78, 5) is 21.8. The number of rotatable bonds is 4. The number of carbonyl (C=O) groups excluding carboxylic acids is 1. The lowest BCUT2D eigenvalue weighted by Crippen LogP contribution is -2.42. The topological polar surface area (TPSA) is 48.5 Å². The fourth-order valence-corrected chi connectivity index (χ4v) is 4.44. The molecule has 0 spiro atoms. The van der Waals surface area contributed by atoms with Gasteiger partial charge >= 0.3 is 6.18 Å². The molecule has 5 nitrogen and oxygen atoms in total. The van der Waals surface area contributed by atoms with Crippen LogP contribution in [0.15, 0.2) is 0 Å². The van der Waals surface area contributed by atoms with Gasteiger partial charge in [-0.2, -0.15) is 13.2 Å². The van der Waals surface area contributed by atoms with E-state index in [4.69, 9.17) is 0 Å². The molecular weight excluding hydrogens is 353 g/mol. The van der Waals surface area contributed by atoms with Crippen LogP contribution in [0.1, 0.15) is 30.3 Å². The molecule has 0 aliphatic carbocycles. The second-order valence-corrected chi connectivity index (χ2v) is 7.75. The van der Waals surface area contributed by atoms with Gasteiger partial charge in [0, 0.05) is 30.3 Å². The minimum absolute atomic E-state index is 0.120. The molecule has 0 saturated carbocycles. The number of hydrogen-bond acceptors (Lipinski definition) is 5. The zero-order valence-electron chi connectivity index (χ0n) is 14.2. The number of likely N-dealkylation sites (tertiary alicyclic amines) is 1. The Kier molecular flexibility index (Phi) is 5.65. The van der Waals surface area contributed by atoms with E-state index in [1.165, 1.54) is 21.1 Å². The molecule has 9 heteroatoms. The van der Waals surface area contributed by atoms with Crippen LogP contribution >= 0.6 is 11.3 Å². The Bertz CT molecular complexity index is 611. The van der Waals surface area contributed by atoms with Crippen molar-refractivity contribution in [1.29, 1.82) is 0 Å². The van der Waals surface area contributed by atoms with Gasteiger partial charge in [-0.25, -0.2) is 4.98 Å². The number of nitrogens with one attached hydrogen (secondary N) is 1. The predicted molar refractivity (Wildman–Crippen MR) is 90.6 cm³/mol. The average molecular weight is 376 g/mol. The van der Waals surface area contributed by atoms with Crippen LogP contribution in [0.5, 0.6) is 0 Å². The fraction of sp³-hybridized carbons (Fsp3) is 0.750. The molecule has 3 rings (SSSR count). The predicted octanol–water partition coefficient (Wildman–Crippen LogP) is 2.73. The van der Waals surface area contributed by atoms with E-state index >= 15 is 0 Å². The second kappa shape index (κ2) is 7.59. The SMILES string of the molecule is CCN1CCc2nc(NC(=O)C3CCN(CC(F)(F)F)CC3)sc2C1. The van der Waals surface area contributed by atoms with E-state index in [1.807, 2.05) is 0 Å². The van der Waals surface area contributed by atoms with Gasteiger partial charge in [0.15, 0.2) is 5.13 Å². The lowest BCUT2D eigenvalue weighted by molar-refractivity contribution is -0.149. The molecule has 3 heterocycles. The highest BCUT2D eigenvalue weighted by atomic mass is 32.1. The molecule has 25 heavy (non-hydrogen) atoms. The van der Waals surface area contributed by atoms with Gasteiger partial charge in [-0.3, -0.25) is 14.6 Å². The summed E-state index contributed by atoms with van der Waals surface area (Å²) >= 11 is 1.51. The molecule has 1 N–H and O–H groups in total. The zero-order valence-corrected chi connectivity index (χ0v) is 15.0. The van der Waals surface area contributed by atoms with E-state index in [2.05, 4.69) is 22.1 Å². The Morgan fingerprint density at radius 3 is 2.64 bits per heavy atom. The molecule has 1 aromatic rings. The number of likely N-dealkylation sites (N-methyl/N-ethyl adjacent to an activating group) is 1. The summed E-state index contributed by atoms with van der Waals surface area (Å²) in [7, 11) is 0. The minimum Gasteiger partial charge on any atom is -0.302 e. The van der Waals surface area contributed by atoms with Gasteiger partial charge in [-0.05, 0) is 32.5 Å². The number of amides is 1. The van der Waals surface area contributed by atoms with E-state index in [0.29, 0.717) is 31.1 Å². The van der Waals surface area contributed by atoms with Crippen molar-refractivity contribution in [1.82, 2.24) is 14.8 Å². The van der Waals surface area contributed by atoms with Gasteiger partial charge in [0.1, 0.15) is 0 Å². The molecule has 1 aromatic heterocycles. The number of hydrogen-bond donors (Lipinski definition) is 1. The third-order valence-corrected chi connectivity index (χ3v) is 5.85. The van der Waals surface area contributed by atoms with E-state index in [0.717, 1.165) is 31.7 Å². The maximum Gasteiger partial charge on any atom is 0.401 e. The van der Waals surface area contributed by atoms with E-state index < -0.39 is 12.7 Å². The third-order valence-electron chi connectivity index (χ3n) is 4.85. The molecule has 2 aliphatic heterocycles. The highest BCUT2D eigenvalue weighted by Crippen LogP contribution is 2.29. The van der Waals surface area contributed by atoms with Crippen LogP contribution in [-0.4, -0.2) is 59.6 Å². The third kappa shape index (κ3) is 4.92. The molecule has 1 fully saturated rings. The normalized spacial score (nSPS) is 20.5. The largest absolute Gasteiger partial charge is 0.401 e. The monoisotopic (exact) mass is 376 g/mol. The van der Waals surface area contributed by atoms with Gasteiger partial charge < -0.3 is 5.32 Å². The van der Waals surface area contributed by atoms with Crippen molar-refractivity contribution in [2.45, 2.75) is 38.9 Å². The summed E-state index contributed by atoms with van der Waals surface area (Å²) in [5, 5.41) is 3.49. The molecule has 0 bridgehead atoms. The molecule has 0 atom stereocenters. The summed E-state index contributed by atoms with van der Waals surface area (Å²) in [6, 6.07) is 0. The van der Waals surface area contributed by atoms with E-state index in [9.17, 15) is 18.0 Å². The quantitative estimate of drug-likeness (QED) is 0.878. The molecule has 0 aromatic carbocycles. The summed E-state index contributed by atoms with van der Waals surface area (Å²) in [6.45, 7) is 4.69. The van der Waals surface area contributed by atoms with Crippen molar-refractivity contribution in [3.8, 4) is 0 Å². The lowest BCUT2D eigenvalue weighted by Gasteiger charge is -2.31. The fourth-order valence-electron chi connectivity index (χ4n) is 3.39. The van der Waals surface area contributed by atoms with Crippen LogP contribution in [0.2, 0.25) is 0 Å². The summed E-state index contributed by atoms with van der Waals surface area (Å²) in [5.41, 5.74) is 1.06. The van der Waals surface area contributed by atoms with Gasteiger partial charge in [0.2, 0.25) is 5.91 Å². The summed E-state index contributed by atoms with van der Waals surface area (Å²) in [5.74, 6) is -0.359. The van der Waals surface area contributed by atoms with Crippen LogP contribution in [0, 0.1) is 5.92 Å². The Morgan fingerprint density at radius 1 is 1.28 bits per heavy atom. The standard InChI is InChI=1S/C16H23F3N4OS/c1-2-22-8-5-12-13(9-22)25-15(20-12)21-14(24)11-3-6-23(7-4-11)10-16(17,18)19/h11H,2-10H2,1H3,(H,20,21,24). The smallest absolute Gasteiger partial charge is 0.302 e. The maximum absolute atomic E-state index is 12.4. The first-order chi connectivity index (χ1) is 11.8. The van der Waals surface area contributed by atoms with E-state index in [1.54, 1.807) is 0 Å². The molecule has 0 radical (unpaired) electrons. The van der Waals surface area contributed by atoms with Gasteiger partial charge in [0.05, 0.1) is 12.2 Å². The number of carbonyl (C=O) groups is 1. The first-order valence-electron chi connectivity index (χ1n) is 8.65. The number of halogens is 3. The lowest BCUT2D eigenvalue weighted by atomic mass is 9.96. The van der Waals surface area contributed by atoms with Crippen LogP contribution < -0.4 is 5.32 Å². The molecular formula is C16H23F3N4OS. The van der Waals surface area contributed by atoms with Crippen molar-refractivity contribution in [3.63, 3.8) is 0 Å². The zero-order chi connectivity index (χ0) is 18.0. The molecule has 1 amide bonds. The Labute approximate surface area is 149 Å². The molecule has 140 valence electrons. The Balaban J connectivity index is 1.51. The van der Waals surface area contributed by atoms with Crippen molar-refractivity contribution < 1.29 is 18.0 Å². The van der Waals surface area contributed by atoms with Gasteiger partial charge in [-0.1, -0.05) is 6.92 Å². The maximum atomic E-state index is 12.4. The van der Waals surface area contributed by atoms with Crippen molar-refractivity contribution in [3.05, 3.63) is 10.6 Å². The number of piperidine rings is 1. The Morgan fingerprint density at radius 2 is 2.00 bits per heavy atom. The number of nitrogens with zero attached hydrogens (tertiary/aromatic N) is 3.